The number of rotatable bonds is 7. The van der Waals surface area contributed by atoms with Crippen molar-refractivity contribution in [3.8, 4) is 11.5 Å². The summed E-state index contributed by atoms with van der Waals surface area (Å²) in [5, 5.41) is 0. The highest BCUT2D eigenvalue weighted by Crippen LogP contribution is 2.33. The average molecular weight is 429 g/mol. The summed E-state index contributed by atoms with van der Waals surface area (Å²) in [5.41, 5.74) is 1.17. The molecular formula is C24H32N2O3S. The molecule has 0 aliphatic carbocycles. The zero-order valence-corrected chi connectivity index (χ0v) is 19.0. The van der Waals surface area contributed by atoms with Gasteiger partial charge in [0, 0.05) is 48.4 Å². The molecule has 1 aromatic heterocycles. The Labute approximate surface area is 183 Å². The van der Waals surface area contributed by atoms with Crippen LogP contribution in [-0.4, -0.2) is 55.6 Å². The number of ether oxygens (including phenoxy) is 2. The Morgan fingerprint density at radius 2 is 1.93 bits per heavy atom. The van der Waals surface area contributed by atoms with Crippen molar-refractivity contribution in [2.24, 2.45) is 5.92 Å². The molecule has 2 aliphatic heterocycles. The van der Waals surface area contributed by atoms with E-state index in [9.17, 15) is 4.79 Å². The summed E-state index contributed by atoms with van der Waals surface area (Å²) in [5.74, 6) is 2.39. The van der Waals surface area contributed by atoms with E-state index in [2.05, 4.69) is 34.9 Å². The summed E-state index contributed by atoms with van der Waals surface area (Å²) in [7, 11) is 3.31. The van der Waals surface area contributed by atoms with Crippen LogP contribution in [0.5, 0.6) is 11.5 Å². The highest BCUT2D eigenvalue weighted by molar-refractivity contribution is 7.11. The van der Waals surface area contributed by atoms with Crippen molar-refractivity contribution in [1.82, 2.24) is 9.80 Å². The molecule has 0 unspecified atom stereocenters. The van der Waals surface area contributed by atoms with E-state index in [-0.39, 0.29) is 0 Å². The number of likely N-dealkylation sites (tertiary alicyclic amines) is 2. The van der Waals surface area contributed by atoms with E-state index in [1.54, 1.807) is 14.2 Å². The van der Waals surface area contributed by atoms with Gasteiger partial charge in [-0.25, -0.2) is 0 Å². The Balaban J connectivity index is 1.37. The number of thiophene rings is 1. The van der Waals surface area contributed by atoms with Crippen LogP contribution in [0.1, 0.15) is 34.6 Å². The second kappa shape index (κ2) is 9.40. The monoisotopic (exact) mass is 428 g/mol. The lowest BCUT2D eigenvalue weighted by molar-refractivity contribution is -0.141. The van der Waals surface area contributed by atoms with E-state index >= 15 is 0 Å². The van der Waals surface area contributed by atoms with Crippen molar-refractivity contribution < 1.29 is 14.3 Å². The van der Waals surface area contributed by atoms with Gasteiger partial charge in [0.2, 0.25) is 5.91 Å². The number of carbonyl (C=O) groups excluding carboxylic acids is 1. The molecule has 2 fully saturated rings. The standard InChI is InChI=1S/C24H32N2O3S/c1-17-4-7-20(30-17)16-25-12-11-21-19(15-25)6-9-24(27)26(21)13-10-18-5-8-22(28-2)23(14-18)29-3/h4-5,7-8,14,19,21H,6,9-13,15-16H2,1-3H3/t19-,21+/m1/s1. The van der Waals surface area contributed by atoms with E-state index in [1.165, 1.54) is 15.3 Å². The molecule has 0 spiro atoms. The number of hydrogen-bond acceptors (Lipinski definition) is 5. The van der Waals surface area contributed by atoms with Gasteiger partial charge in [0.05, 0.1) is 14.2 Å². The topological polar surface area (TPSA) is 42.0 Å². The van der Waals surface area contributed by atoms with Crippen molar-refractivity contribution in [3.05, 3.63) is 45.6 Å². The summed E-state index contributed by atoms with van der Waals surface area (Å²) < 4.78 is 10.8. The molecular weight excluding hydrogens is 396 g/mol. The summed E-state index contributed by atoms with van der Waals surface area (Å²) in [6, 6.07) is 10.9. The zero-order chi connectivity index (χ0) is 21.1. The fourth-order valence-corrected chi connectivity index (χ4v) is 5.87. The van der Waals surface area contributed by atoms with Gasteiger partial charge in [0.15, 0.2) is 11.5 Å². The SMILES string of the molecule is COc1ccc(CCN2C(=O)CC[C@@H]3CN(Cc4ccc(C)s4)CC[C@@H]32)cc1OC. The lowest BCUT2D eigenvalue weighted by Crippen LogP contribution is -2.56. The molecule has 0 saturated carbocycles. The lowest BCUT2D eigenvalue weighted by Gasteiger charge is -2.47. The van der Waals surface area contributed by atoms with Gasteiger partial charge < -0.3 is 14.4 Å². The van der Waals surface area contributed by atoms with Gasteiger partial charge in [0.1, 0.15) is 0 Å². The number of amides is 1. The molecule has 0 radical (unpaired) electrons. The molecule has 1 aromatic carbocycles. The molecule has 2 aromatic rings. The highest BCUT2D eigenvalue weighted by atomic mass is 32.1. The number of hydrogen-bond donors (Lipinski definition) is 0. The molecule has 2 saturated heterocycles. The predicted octanol–water partition coefficient (Wildman–Crippen LogP) is 4.13. The Morgan fingerprint density at radius 1 is 1.10 bits per heavy atom. The Morgan fingerprint density at radius 3 is 2.67 bits per heavy atom. The third-order valence-corrected chi connectivity index (χ3v) is 7.48. The average Bonchev–Trinajstić information content (AvgIpc) is 3.17. The zero-order valence-electron chi connectivity index (χ0n) is 18.2. The van der Waals surface area contributed by atoms with Crippen molar-refractivity contribution in [2.75, 3.05) is 33.9 Å². The molecule has 1 amide bonds. The molecule has 162 valence electrons. The van der Waals surface area contributed by atoms with Crippen LogP contribution in [-0.2, 0) is 17.8 Å². The Bertz CT molecular complexity index is 881. The van der Waals surface area contributed by atoms with E-state index in [0.717, 1.165) is 56.9 Å². The van der Waals surface area contributed by atoms with Crippen LogP contribution in [0, 0.1) is 12.8 Å². The molecule has 6 heteroatoms. The van der Waals surface area contributed by atoms with Crippen molar-refractivity contribution in [3.63, 3.8) is 0 Å². The summed E-state index contributed by atoms with van der Waals surface area (Å²) in [6.07, 6.45) is 3.62. The second-order valence-corrected chi connectivity index (χ2v) is 9.80. The van der Waals surface area contributed by atoms with Crippen LogP contribution in [0.2, 0.25) is 0 Å². The summed E-state index contributed by atoms with van der Waals surface area (Å²) >= 11 is 1.90. The molecule has 2 aliphatic rings. The number of carbonyl (C=O) groups is 1. The normalized spacial score (nSPS) is 22.1. The number of fused-ring (bicyclic) bond motifs is 1. The van der Waals surface area contributed by atoms with Gasteiger partial charge in [0.25, 0.3) is 0 Å². The molecule has 5 nitrogen and oxygen atoms in total. The maximum atomic E-state index is 12.7. The summed E-state index contributed by atoms with van der Waals surface area (Å²) in [6.45, 7) is 6.16. The van der Waals surface area contributed by atoms with Crippen LogP contribution in [0.15, 0.2) is 30.3 Å². The van der Waals surface area contributed by atoms with Crippen molar-refractivity contribution in [2.45, 2.75) is 45.2 Å². The number of aryl methyl sites for hydroxylation is 1. The largest absolute Gasteiger partial charge is 0.493 e. The van der Waals surface area contributed by atoms with Crippen LogP contribution < -0.4 is 9.47 Å². The number of piperidine rings is 2. The van der Waals surface area contributed by atoms with E-state index < -0.39 is 0 Å². The minimum atomic E-state index is 0.319. The van der Waals surface area contributed by atoms with Crippen molar-refractivity contribution >= 4 is 17.2 Å². The van der Waals surface area contributed by atoms with Crippen LogP contribution in [0.4, 0.5) is 0 Å². The maximum Gasteiger partial charge on any atom is 0.222 e. The number of benzene rings is 1. The third kappa shape index (κ3) is 4.65. The Hall–Kier alpha value is -2.05. The molecule has 4 rings (SSSR count). The predicted molar refractivity (Wildman–Crippen MR) is 120 cm³/mol. The third-order valence-electron chi connectivity index (χ3n) is 6.49. The summed E-state index contributed by atoms with van der Waals surface area (Å²) in [4.78, 5) is 20.3. The fourth-order valence-electron chi connectivity index (χ4n) is 4.94. The van der Waals surface area contributed by atoms with Crippen molar-refractivity contribution in [1.29, 1.82) is 0 Å². The maximum absolute atomic E-state index is 12.7. The van der Waals surface area contributed by atoms with Gasteiger partial charge in [-0.05, 0) is 61.9 Å². The molecule has 3 heterocycles. The van der Waals surface area contributed by atoms with Gasteiger partial charge >= 0.3 is 0 Å². The smallest absolute Gasteiger partial charge is 0.222 e. The van der Waals surface area contributed by atoms with E-state index in [0.29, 0.717) is 24.3 Å². The molecule has 0 N–H and O–H groups in total. The lowest BCUT2D eigenvalue weighted by atomic mass is 9.83. The van der Waals surface area contributed by atoms with Crippen LogP contribution >= 0.6 is 11.3 Å². The van der Waals surface area contributed by atoms with E-state index in [4.69, 9.17) is 9.47 Å². The van der Waals surface area contributed by atoms with Gasteiger partial charge in [-0.1, -0.05) is 6.07 Å². The molecule has 30 heavy (non-hydrogen) atoms. The highest BCUT2D eigenvalue weighted by Gasteiger charge is 2.39. The van der Waals surface area contributed by atoms with Gasteiger partial charge in [-0.3, -0.25) is 9.69 Å². The first-order chi connectivity index (χ1) is 14.6. The van der Waals surface area contributed by atoms with E-state index in [1.807, 2.05) is 23.5 Å². The molecule has 2 atom stereocenters. The first-order valence-corrected chi connectivity index (χ1v) is 11.7. The number of nitrogens with zero attached hydrogens (tertiary/aromatic N) is 2. The quantitative estimate of drug-likeness (QED) is 0.665. The number of methoxy groups -OCH3 is 2. The first kappa shape index (κ1) is 21.2. The molecule has 0 bridgehead atoms. The first-order valence-electron chi connectivity index (χ1n) is 10.9. The van der Waals surface area contributed by atoms with Crippen LogP contribution in [0.25, 0.3) is 0 Å². The minimum absolute atomic E-state index is 0.319. The Kier molecular flexibility index (Phi) is 6.64. The van der Waals surface area contributed by atoms with Crippen LogP contribution in [0.3, 0.4) is 0 Å². The second-order valence-electron chi connectivity index (χ2n) is 8.43. The van der Waals surface area contributed by atoms with Gasteiger partial charge in [-0.15, -0.1) is 11.3 Å². The van der Waals surface area contributed by atoms with Gasteiger partial charge in [-0.2, -0.15) is 0 Å². The minimum Gasteiger partial charge on any atom is -0.493 e. The fraction of sp³-hybridized carbons (Fsp3) is 0.542.